The van der Waals surface area contributed by atoms with Crippen molar-refractivity contribution in [3.63, 3.8) is 0 Å². The molecule has 0 aliphatic heterocycles. The Morgan fingerprint density at radius 1 is 1.11 bits per heavy atom. The molecule has 0 radical (unpaired) electrons. The van der Waals surface area contributed by atoms with Crippen LogP contribution in [-0.4, -0.2) is 33.6 Å². The van der Waals surface area contributed by atoms with Gasteiger partial charge in [0.05, 0.1) is 12.2 Å². The molecule has 96 valence electrons. The maximum absolute atomic E-state index is 9.79. The molecule has 0 aliphatic rings. The Balaban J connectivity index is 2.43. The fourth-order valence-electron chi connectivity index (χ4n) is 1.45. The van der Waals surface area contributed by atoms with E-state index in [9.17, 15) is 10.2 Å². The van der Waals surface area contributed by atoms with Crippen LogP contribution in [0.25, 0.3) is 0 Å². The summed E-state index contributed by atoms with van der Waals surface area (Å²) in [6.07, 6.45) is -0.854. The van der Waals surface area contributed by atoms with Crippen LogP contribution in [-0.2, 0) is 6.42 Å². The zero-order chi connectivity index (χ0) is 13.4. The zero-order valence-electron chi connectivity index (χ0n) is 10.2. The smallest absolute Gasteiger partial charge is 0.133 e. The van der Waals surface area contributed by atoms with Gasteiger partial charge in [0.2, 0.25) is 0 Å². The molecule has 0 saturated carbocycles. The summed E-state index contributed by atoms with van der Waals surface area (Å²) in [4.78, 5) is 0. The molecule has 3 heteroatoms. The molecule has 0 saturated heterocycles. The minimum atomic E-state index is -0.922. The summed E-state index contributed by atoms with van der Waals surface area (Å²) in [6.45, 7) is 3.38. The van der Waals surface area contributed by atoms with Crippen LogP contribution in [0.5, 0.6) is 0 Å². The SMILES string of the molecule is C=C[C@H](O)C#CC[C@@H](O)[C@H](O)Cc1ccccc1. The van der Waals surface area contributed by atoms with E-state index in [2.05, 4.69) is 18.4 Å². The van der Waals surface area contributed by atoms with Gasteiger partial charge in [0.25, 0.3) is 0 Å². The summed E-state index contributed by atoms with van der Waals surface area (Å²) in [5.74, 6) is 5.12. The molecule has 1 rings (SSSR count). The lowest BCUT2D eigenvalue weighted by Crippen LogP contribution is -2.27. The number of benzene rings is 1. The van der Waals surface area contributed by atoms with Crippen LogP contribution in [0.1, 0.15) is 12.0 Å². The molecule has 3 atom stereocenters. The maximum atomic E-state index is 9.79. The molecule has 1 aromatic rings. The second kappa shape index (κ2) is 7.67. The quantitative estimate of drug-likeness (QED) is 0.534. The molecule has 3 nitrogen and oxygen atoms in total. The molecule has 1 aromatic carbocycles. The van der Waals surface area contributed by atoms with E-state index in [4.69, 9.17) is 5.11 Å². The van der Waals surface area contributed by atoms with E-state index in [0.29, 0.717) is 6.42 Å². The second-order valence-electron chi connectivity index (χ2n) is 4.03. The highest BCUT2D eigenvalue weighted by molar-refractivity contribution is 5.16. The van der Waals surface area contributed by atoms with Gasteiger partial charge in [-0.05, 0) is 5.56 Å². The van der Waals surface area contributed by atoms with E-state index in [1.807, 2.05) is 30.3 Å². The monoisotopic (exact) mass is 246 g/mol. The first kappa shape index (κ1) is 14.5. The lowest BCUT2D eigenvalue weighted by atomic mass is 10.0. The number of hydrogen-bond acceptors (Lipinski definition) is 3. The first-order valence-corrected chi connectivity index (χ1v) is 5.82. The summed E-state index contributed by atoms with van der Waals surface area (Å²) >= 11 is 0. The molecule has 0 heterocycles. The fourth-order valence-corrected chi connectivity index (χ4v) is 1.45. The minimum Gasteiger partial charge on any atom is -0.390 e. The lowest BCUT2D eigenvalue weighted by molar-refractivity contribution is 0.0234. The Bertz CT molecular complexity index is 416. The average Bonchev–Trinajstić information content (AvgIpc) is 2.39. The van der Waals surface area contributed by atoms with Crippen molar-refractivity contribution in [2.75, 3.05) is 0 Å². The van der Waals surface area contributed by atoms with Gasteiger partial charge in [-0.3, -0.25) is 0 Å². The summed E-state index contributed by atoms with van der Waals surface area (Å²) in [6, 6.07) is 9.45. The van der Waals surface area contributed by atoms with Crippen LogP contribution in [0.4, 0.5) is 0 Å². The van der Waals surface area contributed by atoms with E-state index < -0.39 is 18.3 Å². The highest BCUT2D eigenvalue weighted by Crippen LogP contribution is 2.07. The first-order chi connectivity index (χ1) is 8.63. The van der Waals surface area contributed by atoms with Gasteiger partial charge in [0.15, 0.2) is 0 Å². The Labute approximate surface area is 107 Å². The highest BCUT2D eigenvalue weighted by Gasteiger charge is 2.15. The van der Waals surface area contributed by atoms with Crippen molar-refractivity contribution in [2.45, 2.75) is 31.2 Å². The van der Waals surface area contributed by atoms with Gasteiger partial charge in [-0.15, -0.1) is 0 Å². The Morgan fingerprint density at radius 2 is 1.78 bits per heavy atom. The molecule has 0 unspecified atom stereocenters. The molecule has 0 bridgehead atoms. The van der Waals surface area contributed by atoms with E-state index in [1.165, 1.54) is 6.08 Å². The topological polar surface area (TPSA) is 60.7 Å². The fraction of sp³-hybridized carbons (Fsp3) is 0.333. The summed E-state index contributed by atoms with van der Waals surface area (Å²) in [5.41, 5.74) is 0.961. The molecule has 0 amide bonds. The highest BCUT2D eigenvalue weighted by atomic mass is 16.3. The number of rotatable bonds is 5. The van der Waals surface area contributed by atoms with Crippen molar-refractivity contribution in [1.82, 2.24) is 0 Å². The molecule has 0 fully saturated rings. The summed E-state index contributed by atoms with van der Waals surface area (Å²) < 4.78 is 0. The second-order valence-corrected chi connectivity index (χ2v) is 4.03. The zero-order valence-corrected chi connectivity index (χ0v) is 10.2. The van der Waals surface area contributed by atoms with Crippen molar-refractivity contribution in [3.05, 3.63) is 48.6 Å². The van der Waals surface area contributed by atoms with Gasteiger partial charge in [0.1, 0.15) is 6.10 Å². The third-order valence-corrected chi connectivity index (χ3v) is 2.52. The molecular weight excluding hydrogens is 228 g/mol. The van der Waals surface area contributed by atoms with Crippen molar-refractivity contribution in [1.29, 1.82) is 0 Å². The van der Waals surface area contributed by atoms with Crippen molar-refractivity contribution in [3.8, 4) is 11.8 Å². The number of aliphatic hydroxyl groups excluding tert-OH is 3. The average molecular weight is 246 g/mol. The van der Waals surface area contributed by atoms with Crippen LogP contribution < -0.4 is 0 Å². The Morgan fingerprint density at radius 3 is 2.39 bits per heavy atom. The molecule has 0 spiro atoms. The van der Waals surface area contributed by atoms with E-state index in [-0.39, 0.29) is 6.42 Å². The molecule has 3 N–H and O–H groups in total. The predicted octanol–water partition coefficient (Wildman–Crippen LogP) is 0.891. The largest absolute Gasteiger partial charge is 0.390 e. The van der Waals surface area contributed by atoms with Gasteiger partial charge in [-0.25, -0.2) is 0 Å². The predicted molar refractivity (Wildman–Crippen MR) is 70.8 cm³/mol. The lowest BCUT2D eigenvalue weighted by Gasteiger charge is -2.15. The number of hydrogen-bond donors (Lipinski definition) is 3. The van der Waals surface area contributed by atoms with E-state index >= 15 is 0 Å². The number of aliphatic hydroxyl groups is 3. The van der Waals surface area contributed by atoms with Gasteiger partial charge in [-0.2, -0.15) is 0 Å². The molecule has 18 heavy (non-hydrogen) atoms. The van der Waals surface area contributed by atoms with Crippen molar-refractivity contribution in [2.24, 2.45) is 0 Å². The van der Waals surface area contributed by atoms with Crippen LogP contribution in [0, 0.1) is 11.8 Å². The Kier molecular flexibility index (Phi) is 6.16. The molecule has 0 aromatic heterocycles. The molecular formula is C15H18O3. The summed E-state index contributed by atoms with van der Waals surface area (Å²) in [7, 11) is 0. The van der Waals surface area contributed by atoms with Crippen molar-refractivity contribution >= 4 is 0 Å². The van der Waals surface area contributed by atoms with Crippen LogP contribution in [0.3, 0.4) is 0 Å². The molecule has 0 aliphatic carbocycles. The van der Waals surface area contributed by atoms with E-state index in [1.54, 1.807) is 0 Å². The first-order valence-electron chi connectivity index (χ1n) is 5.82. The standard InChI is InChI=1S/C15H18O3/c1-2-13(16)9-6-10-14(17)15(18)11-12-7-4-3-5-8-12/h2-5,7-8,13-18H,1,10-11H2/t13-,14+,15+/m0/s1. The summed E-state index contributed by atoms with van der Waals surface area (Å²) in [5, 5.41) is 28.6. The Hall–Kier alpha value is -1.60. The van der Waals surface area contributed by atoms with Gasteiger partial charge < -0.3 is 15.3 Å². The third-order valence-electron chi connectivity index (χ3n) is 2.52. The normalized spacial score (nSPS) is 15.1. The van der Waals surface area contributed by atoms with Crippen LogP contribution in [0.15, 0.2) is 43.0 Å². The van der Waals surface area contributed by atoms with E-state index in [0.717, 1.165) is 5.56 Å². The van der Waals surface area contributed by atoms with Gasteiger partial charge in [-0.1, -0.05) is 54.8 Å². The van der Waals surface area contributed by atoms with Crippen LogP contribution in [0.2, 0.25) is 0 Å². The third kappa shape index (κ3) is 5.15. The van der Waals surface area contributed by atoms with Gasteiger partial charge >= 0.3 is 0 Å². The van der Waals surface area contributed by atoms with Crippen LogP contribution >= 0.6 is 0 Å². The maximum Gasteiger partial charge on any atom is 0.133 e. The van der Waals surface area contributed by atoms with Gasteiger partial charge in [0, 0.05) is 12.8 Å². The van der Waals surface area contributed by atoms with Crippen molar-refractivity contribution < 1.29 is 15.3 Å². The minimum absolute atomic E-state index is 0.124.